The molecule has 0 spiro atoms. The lowest BCUT2D eigenvalue weighted by molar-refractivity contribution is 0.256. The molecular weight excluding hydrogens is 236 g/mol. The molecule has 0 aliphatic carbocycles. The average molecular weight is 252 g/mol. The zero-order chi connectivity index (χ0) is 13.5. The van der Waals surface area contributed by atoms with Gasteiger partial charge in [0.15, 0.2) is 17.5 Å². The van der Waals surface area contributed by atoms with E-state index in [0.717, 1.165) is 0 Å². The van der Waals surface area contributed by atoms with E-state index in [9.17, 15) is 4.79 Å². The zero-order valence-corrected chi connectivity index (χ0v) is 10.5. The highest BCUT2D eigenvalue weighted by molar-refractivity contribution is 6.01. The SMILES string of the molecule is CN=C(N)NC(=O)Nc1ccc(OC)c(OC)c1. The van der Waals surface area contributed by atoms with Crippen LogP contribution in [0.3, 0.4) is 0 Å². The van der Waals surface area contributed by atoms with Crippen molar-refractivity contribution in [3.05, 3.63) is 18.2 Å². The van der Waals surface area contributed by atoms with Crippen molar-refractivity contribution < 1.29 is 14.3 Å². The van der Waals surface area contributed by atoms with E-state index in [0.29, 0.717) is 17.2 Å². The van der Waals surface area contributed by atoms with Crippen LogP contribution in [0, 0.1) is 0 Å². The number of ether oxygens (including phenoxy) is 2. The van der Waals surface area contributed by atoms with Gasteiger partial charge in [0.1, 0.15) is 0 Å². The van der Waals surface area contributed by atoms with Gasteiger partial charge >= 0.3 is 6.03 Å². The fourth-order valence-electron chi connectivity index (χ4n) is 1.25. The molecule has 0 saturated carbocycles. The van der Waals surface area contributed by atoms with Crippen molar-refractivity contribution in [2.45, 2.75) is 0 Å². The second-order valence-corrected chi connectivity index (χ2v) is 3.26. The molecule has 0 aliphatic heterocycles. The number of amides is 2. The standard InChI is InChI=1S/C11H16N4O3/c1-13-10(12)15-11(16)14-7-4-5-8(17-2)9(6-7)18-3/h4-6H,1-3H3,(H4,12,13,14,15,16). The molecule has 98 valence electrons. The van der Waals surface area contributed by atoms with E-state index >= 15 is 0 Å². The number of rotatable bonds is 3. The van der Waals surface area contributed by atoms with Gasteiger partial charge in [0, 0.05) is 18.8 Å². The van der Waals surface area contributed by atoms with Crippen LogP contribution in [0.1, 0.15) is 0 Å². The first-order valence-electron chi connectivity index (χ1n) is 5.13. The maximum absolute atomic E-state index is 11.5. The second kappa shape index (κ2) is 6.33. The van der Waals surface area contributed by atoms with Crippen LogP contribution in [0.5, 0.6) is 11.5 Å². The Balaban J connectivity index is 2.76. The number of carbonyl (C=O) groups excluding carboxylic acids is 1. The Kier molecular flexibility index (Phi) is 4.79. The summed E-state index contributed by atoms with van der Waals surface area (Å²) in [5, 5.41) is 4.94. The lowest BCUT2D eigenvalue weighted by Crippen LogP contribution is -2.39. The number of nitrogens with one attached hydrogen (secondary N) is 2. The summed E-state index contributed by atoms with van der Waals surface area (Å²) in [7, 11) is 4.53. The molecule has 0 bridgehead atoms. The number of hydrogen-bond acceptors (Lipinski definition) is 4. The molecule has 18 heavy (non-hydrogen) atoms. The molecule has 0 heterocycles. The molecule has 1 rings (SSSR count). The second-order valence-electron chi connectivity index (χ2n) is 3.26. The molecular formula is C11H16N4O3. The number of hydrogen-bond donors (Lipinski definition) is 3. The Bertz CT molecular complexity index is 460. The fraction of sp³-hybridized carbons (Fsp3) is 0.273. The number of urea groups is 1. The van der Waals surface area contributed by atoms with Gasteiger partial charge in [-0.1, -0.05) is 0 Å². The normalized spacial score (nSPS) is 10.7. The number of aliphatic imine (C=N–C) groups is 1. The minimum atomic E-state index is -0.481. The molecule has 0 aliphatic rings. The van der Waals surface area contributed by atoms with Crippen LogP contribution in [0.2, 0.25) is 0 Å². The quantitative estimate of drug-likeness (QED) is 0.546. The first-order chi connectivity index (χ1) is 8.60. The maximum Gasteiger partial charge on any atom is 0.325 e. The molecule has 0 unspecified atom stereocenters. The highest BCUT2D eigenvalue weighted by Crippen LogP contribution is 2.29. The van der Waals surface area contributed by atoms with Gasteiger partial charge in [-0.25, -0.2) is 4.79 Å². The first-order valence-corrected chi connectivity index (χ1v) is 5.13. The van der Waals surface area contributed by atoms with Crippen molar-refractivity contribution in [2.75, 3.05) is 26.6 Å². The predicted molar refractivity (Wildman–Crippen MR) is 69.2 cm³/mol. The van der Waals surface area contributed by atoms with Gasteiger partial charge < -0.3 is 20.5 Å². The molecule has 0 atom stereocenters. The average Bonchev–Trinajstić information content (AvgIpc) is 2.38. The molecule has 0 radical (unpaired) electrons. The number of nitrogens with two attached hydrogens (primary N) is 1. The zero-order valence-electron chi connectivity index (χ0n) is 10.5. The van der Waals surface area contributed by atoms with E-state index in [1.807, 2.05) is 0 Å². The third-order valence-electron chi connectivity index (χ3n) is 2.12. The number of benzene rings is 1. The molecule has 4 N–H and O–H groups in total. The molecule has 1 aromatic rings. The van der Waals surface area contributed by atoms with Crippen LogP contribution in [0.15, 0.2) is 23.2 Å². The van der Waals surface area contributed by atoms with Gasteiger partial charge in [-0.15, -0.1) is 0 Å². The Morgan fingerprint density at radius 1 is 1.28 bits per heavy atom. The van der Waals surface area contributed by atoms with Crippen molar-refractivity contribution in [1.82, 2.24) is 5.32 Å². The summed E-state index contributed by atoms with van der Waals surface area (Å²) in [6.07, 6.45) is 0. The third kappa shape index (κ3) is 3.55. The molecule has 0 aromatic heterocycles. The third-order valence-corrected chi connectivity index (χ3v) is 2.12. The molecule has 7 heteroatoms. The van der Waals surface area contributed by atoms with Crippen LogP contribution in [0.25, 0.3) is 0 Å². The Labute approximate surface area is 105 Å². The van der Waals surface area contributed by atoms with Gasteiger partial charge in [-0.3, -0.25) is 10.3 Å². The van der Waals surface area contributed by atoms with E-state index in [2.05, 4.69) is 15.6 Å². The topological polar surface area (TPSA) is 98.0 Å². The van der Waals surface area contributed by atoms with Crippen LogP contribution in [-0.2, 0) is 0 Å². The summed E-state index contributed by atoms with van der Waals surface area (Å²) in [6.45, 7) is 0. The lowest BCUT2D eigenvalue weighted by Gasteiger charge is -2.10. The van der Waals surface area contributed by atoms with Crippen molar-refractivity contribution in [1.29, 1.82) is 0 Å². The summed E-state index contributed by atoms with van der Waals surface area (Å²) in [6, 6.07) is 4.52. The first kappa shape index (κ1) is 13.6. The van der Waals surface area contributed by atoms with E-state index < -0.39 is 6.03 Å². The van der Waals surface area contributed by atoms with E-state index in [-0.39, 0.29) is 5.96 Å². The minimum absolute atomic E-state index is 0.0352. The Hall–Kier alpha value is -2.44. The van der Waals surface area contributed by atoms with Crippen molar-refractivity contribution >= 4 is 17.7 Å². The van der Waals surface area contributed by atoms with E-state index in [1.54, 1.807) is 18.2 Å². The van der Waals surface area contributed by atoms with Crippen LogP contribution in [-0.4, -0.2) is 33.3 Å². The number of nitrogens with zero attached hydrogens (tertiary/aromatic N) is 1. The highest BCUT2D eigenvalue weighted by Gasteiger charge is 2.07. The molecule has 2 amide bonds. The molecule has 0 fully saturated rings. The van der Waals surface area contributed by atoms with Gasteiger partial charge in [0.2, 0.25) is 0 Å². The van der Waals surface area contributed by atoms with Crippen molar-refractivity contribution in [3.8, 4) is 11.5 Å². The summed E-state index contributed by atoms with van der Waals surface area (Å²) in [5.74, 6) is 1.14. The van der Waals surface area contributed by atoms with Crippen LogP contribution < -0.4 is 25.8 Å². The van der Waals surface area contributed by atoms with Gasteiger partial charge in [-0.05, 0) is 12.1 Å². The highest BCUT2D eigenvalue weighted by atomic mass is 16.5. The monoisotopic (exact) mass is 252 g/mol. The Morgan fingerprint density at radius 3 is 2.50 bits per heavy atom. The largest absolute Gasteiger partial charge is 0.493 e. The summed E-state index contributed by atoms with van der Waals surface area (Å²) >= 11 is 0. The number of guanidine groups is 1. The van der Waals surface area contributed by atoms with Gasteiger partial charge in [-0.2, -0.15) is 0 Å². The van der Waals surface area contributed by atoms with E-state index in [1.165, 1.54) is 21.3 Å². The molecule has 7 nitrogen and oxygen atoms in total. The number of methoxy groups -OCH3 is 2. The summed E-state index contributed by atoms with van der Waals surface area (Å²) in [4.78, 5) is 15.1. The predicted octanol–water partition coefficient (Wildman–Crippen LogP) is 0.770. The molecule has 1 aromatic carbocycles. The Morgan fingerprint density at radius 2 is 1.94 bits per heavy atom. The number of carbonyl (C=O) groups is 1. The lowest BCUT2D eigenvalue weighted by atomic mass is 10.3. The van der Waals surface area contributed by atoms with Gasteiger partial charge in [0.25, 0.3) is 0 Å². The van der Waals surface area contributed by atoms with Crippen molar-refractivity contribution in [3.63, 3.8) is 0 Å². The van der Waals surface area contributed by atoms with Crippen LogP contribution >= 0.6 is 0 Å². The molecule has 0 saturated heterocycles. The smallest absolute Gasteiger partial charge is 0.325 e. The maximum atomic E-state index is 11.5. The minimum Gasteiger partial charge on any atom is -0.493 e. The summed E-state index contributed by atoms with van der Waals surface area (Å²) in [5.41, 5.74) is 5.91. The fourth-order valence-corrected chi connectivity index (χ4v) is 1.25. The van der Waals surface area contributed by atoms with E-state index in [4.69, 9.17) is 15.2 Å². The van der Waals surface area contributed by atoms with Crippen LogP contribution in [0.4, 0.5) is 10.5 Å². The van der Waals surface area contributed by atoms with Crippen molar-refractivity contribution in [2.24, 2.45) is 10.7 Å². The number of anilines is 1. The van der Waals surface area contributed by atoms with Gasteiger partial charge in [0.05, 0.1) is 14.2 Å². The summed E-state index contributed by atoms with van der Waals surface area (Å²) < 4.78 is 10.2.